The molecule has 0 spiro atoms. The van der Waals surface area contributed by atoms with Gasteiger partial charge >= 0.3 is 5.97 Å². The summed E-state index contributed by atoms with van der Waals surface area (Å²) in [7, 11) is 1.48. The van der Waals surface area contributed by atoms with Gasteiger partial charge in [-0.2, -0.15) is 0 Å². The van der Waals surface area contributed by atoms with Crippen molar-refractivity contribution in [1.82, 2.24) is 5.16 Å². The van der Waals surface area contributed by atoms with Gasteiger partial charge < -0.3 is 19.7 Å². The molecule has 0 aliphatic rings. The molecular weight excluding hydrogens is 300 g/mol. The van der Waals surface area contributed by atoms with E-state index in [-0.39, 0.29) is 28.6 Å². The molecule has 0 bridgehead atoms. The van der Waals surface area contributed by atoms with Crippen LogP contribution in [0.25, 0.3) is 0 Å². The maximum atomic E-state index is 12.0. The monoisotopic (exact) mass is 310 g/mol. The number of rotatable bonds is 5. The van der Waals surface area contributed by atoms with Gasteiger partial charge in [-0.3, -0.25) is 4.79 Å². The largest absolute Gasteiger partial charge is 0.478 e. The Labute approximate surface area is 124 Å². The molecule has 0 aliphatic heterocycles. The maximum absolute atomic E-state index is 12.0. The molecule has 21 heavy (non-hydrogen) atoms. The van der Waals surface area contributed by atoms with E-state index in [0.29, 0.717) is 5.76 Å². The van der Waals surface area contributed by atoms with Crippen LogP contribution in [-0.2, 0) is 11.3 Å². The number of carbonyl (C=O) groups excluding carboxylic acids is 1. The molecule has 8 heteroatoms. The Hall–Kier alpha value is -2.38. The minimum Gasteiger partial charge on any atom is -0.478 e. The number of ether oxygens (including phenoxy) is 1. The van der Waals surface area contributed by atoms with Gasteiger partial charge in [-0.15, -0.1) is 0 Å². The number of anilines is 1. The second-order valence-corrected chi connectivity index (χ2v) is 4.50. The van der Waals surface area contributed by atoms with E-state index in [1.54, 1.807) is 0 Å². The third-order valence-corrected chi connectivity index (χ3v) is 2.77. The molecule has 1 amide bonds. The molecule has 2 rings (SSSR count). The topological polar surface area (TPSA) is 102 Å². The summed E-state index contributed by atoms with van der Waals surface area (Å²) >= 11 is 5.74. The van der Waals surface area contributed by atoms with Gasteiger partial charge in [0.25, 0.3) is 5.91 Å². The summed E-state index contributed by atoms with van der Waals surface area (Å²) in [6, 6.07) is 5.54. The summed E-state index contributed by atoms with van der Waals surface area (Å²) in [4.78, 5) is 23.1. The number of carboxylic acids is 1. The van der Waals surface area contributed by atoms with E-state index in [2.05, 4.69) is 10.5 Å². The number of aromatic carboxylic acids is 1. The fraction of sp³-hybridized carbons (Fsp3) is 0.154. The average Bonchev–Trinajstić information content (AvgIpc) is 2.89. The van der Waals surface area contributed by atoms with Gasteiger partial charge in [-0.05, 0) is 18.2 Å². The van der Waals surface area contributed by atoms with Gasteiger partial charge in [0.15, 0.2) is 11.5 Å². The van der Waals surface area contributed by atoms with Crippen molar-refractivity contribution in [3.05, 3.63) is 46.3 Å². The third-order valence-electron chi connectivity index (χ3n) is 2.54. The molecule has 7 nitrogen and oxygen atoms in total. The first kappa shape index (κ1) is 15.0. The molecule has 0 atom stereocenters. The Morgan fingerprint density at radius 2 is 2.19 bits per heavy atom. The fourth-order valence-electron chi connectivity index (χ4n) is 1.62. The minimum atomic E-state index is -1.20. The van der Waals surface area contributed by atoms with E-state index in [4.69, 9.17) is 26.0 Å². The van der Waals surface area contributed by atoms with Crippen molar-refractivity contribution in [2.24, 2.45) is 0 Å². The molecule has 2 aromatic rings. The number of halogens is 1. The second kappa shape index (κ2) is 6.38. The highest BCUT2D eigenvalue weighted by Gasteiger charge is 2.17. The average molecular weight is 311 g/mol. The summed E-state index contributed by atoms with van der Waals surface area (Å²) < 4.78 is 9.73. The number of aromatic nitrogens is 1. The van der Waals surface area contributed by atoms with E-state index < -0.39 is 11.9 Å². The van der Waals surface area contributed by atoms with Gasteiger partial charge in [-0.25, -0.2) is 4.79 Å². The molecule has 1 aromatic heterocycles. The third kappa shape index (κ3) is 3.59. The fourth-order valence-corrected chi connectivity index (χ4v) is 1.79. The van der Waals surface area contributed by atoms with Gasteiger partial charge in [0, 0.05) is 18.2 Å². The lowest BCUT2D eigenvalue weighted by atomic mass is 10.1. The molecule has 1 heterocycles. The van der Waals surface area contributed by atoms with Crippen LogP contribution in [0.1, 0.15) is 26.6 Å². The highest BCUT2D eigenvalue weighted by atomic mass is 35.5. The predicted octanol–water partition coefficient (Wildman–Crippen LogP) is 2.42. The summed E-state index contributed by atoms with van der Waals surface area (Å²) in [6.45, 7) is 0.182. The Morgan fingerprint density at radius 3 is 2.86 bits per heavy atom. The van der Waals surface area contributed by atoms with Crippen molar-refractivity contribution >= 4 is 29.2 Å². The second-order valence-electron chi connectivity index (χ2n) is 4.06. The van der Waals surface area contributed by atoms with Crippen LogP contribution in [0.3, 0.4) is 0 Å². The number of hydrogen-bond donors (Lipinski definition) is 2. The number of benzene rings is 1. The number of nitrogens with zero attached hydrogens (tertiary/aromatic N) is 1. The van der Waals surface area contributed by atoms with Gasteiger partial charge in [0.2, 0.25) is 0 Å². The van der Waals surface area contributed by atoms with E-state index >= 15 is 0 Å². The summed E-state index contributed by atoms with van der Waals surface area (Å²) in [5, 5.41) is 15.4. The van der Waals surface area contributed by atoms with Crippen LogP contribution in [0.2, 0.25) is 5.02 Å². The molecule has 1 aromatic carbocycles. The molecule has 0 saturated heterocycles. The first-order chi connectivity index (χ1) is 10.0. The van der Waals surface area contributed by atoms with Crippen LogP contribution in [0.15, 0.2) is 28.8 Å². The van der Waals surface area contributed by atoms with Crippen molar-refractivity contribution in [3.63, 3.8) is 0 Å². The Balaban J connectivity index is 2.20. The van der Waals surface area contributed by atoms with Gasteiger partial charge in [0.1, 0.15) is 6.61 Å². The first-order valence-corrected chi connectivity index (χ1v) is 6.17. The molecule has 110 valence electrons. The van der Waals surface area contributed by atoms with E-state index in [0.717, 1.165) is 0 Å². The lowest BCUT2D eigenvalue weighted by Gasteiger charge is -2.07. The molecule has 0 aliphatic carbocycles. The standard InChI is InChI=1S/C13H11ClN2O5/c1-20-6-8-5-11(16-21-8)12(17)15-10-3-2-7(14)4-9(10)13(18)19/h2-5H,6H2,1H3,(H,15,17)(H,18,19). The lowest BCUT2D eigenvalue weighted by Crippen LogP contribution is -2.15. The van der Waals surface area contributed by atoms with Crippen LogP contribution in [0.5, 0.6) is 0 Å². The van der Waals surface area contributed by atoms with E-state index in [9.17, 15) is 9.59 Å². The molecule has 0 saturated carbocycles. The smallest absolute Gasteiger partial charge is 0.337 e. The zero-order chi connectivity index (χ0) is 15.4. The van der Waals surface area contributed by atoms with Crippen LogP contribution in [0.4, 0.5) is 5.69 Å². The highest BCUT2D eigenvalue weighted by molar-refractivity contribution is 6.31. The number of methoxy groups -OCH3 is 1. The molecule has 0 fully saturated rings. The minimum absolute atomic E-state index is 0.0216. The quantitative estimate of drug-likeness (QED) is 0.879. The number of amides is 1. The SMILES string of the molecule is COCc1cc(C(=O)Nc2ccc(Cl)cc2C(=O)O)no1. The van der Waals surface area contributed by atoms with Crippen LogP contribution in [-0.4, -0.2) is 29.2 Å². The van der Waals surface area contributed by atoms with Crippen LogP contribution < -0.4 is 5.32 Å². The number of hydrogen-bond acceptors (Lipinski definition) is 5. The highest BCUT2D eigenvalue weighted by Crippen LogP contribution is 2.21. The molecular formula is C13H11ClN2O5. The summed E-state index contributed by atoms with van der Waals surface area (Å²) in [6.07, 6.45) is 0. The summed E-state index contributed by atoms with van der Waals surface area (Å²) in [5.74, 6) is -1.41. The van der Waals surface area contributed by atoms with Crippen molar-refractivity contribution < 1.29 is 24.0 Å². The van der Waals surface area contributed by atoms with Crippen molar-refractivity contribution in [3.8, 4) is 0 Å². The van der Waals surface area contributed by atoms with Crippen molar-refractivity contribution in [1.29, 1.82) is 0 Å². The summed E-state index contributed by atoms with van der Waals surface area (Å²) in [5.41, 5.74) is 0.0259. The number of carboxylic acid groups (broad SMARTS) is 1. The Bertz CT molecular complexity index is 683. The van der Waals surface area contributed by atoms with E-state index in [1.807, 2.05) is 0 Å². The lowest BCUT2D eigenvalue weighted by molar-refractivity contribution is 0.0698. The van der Waals surface area contributed by atoms with Crippen molar-refractivity contribution in [2.45, 2.75) is 6.61 Å². The predicted molar refractivity (Wildman–Crippen MR) is 73.6 cm³/mol. The number of nitrogens with one attached hydrogen (secondary N) is 1. The Kier molecular flexibility index (Phi) is 4.56. The Morgan fingerprint density at radius 1 is 1.43 bits per heavy atom. The van der Waals surface area contributed by atoms with Gasteiger partial charge in [-0.1, -0.05) is 16.8 Å². The first-order valence-electron chi connectivity index (χ1n) is 5.80. The van der Waals surface area contributed by atoms with Gasteiger partial charge in [0.05, 0.1) is 11.3 Å². The zero-order valence-electron chi connectivity index (χ0n) is 10.9. The maximum Gasteiger partial charge on any atom is 0.337 e. The van der Waals surface area contributed by atoms with Crippen LogP contribution in [0, 0.1) is 0 Å². The van der Waals surface area contributed by atoms with Crippen LogP contribution >= 0.6 is 11.6 Å². The molecule has 0 radical (unpaired) electrons. The number of carbonyl (C=O) groups is 2. The molecule has 0 unspecified atom stereocenters. The van der Waals surface area contributed by atoms with E-state index in [1.165, 1.54) is 31.4 Å². The zero-order valence-corrected chi connectivity index (χ0v) is 11.7. The normalized spacial score (nSPS) is 10.4. The molecule has 2 N–H and O–H groups in total. The van der Waals surface area contributed by atoms with Crippen molar-refractivity contribution in [2.75, 3.05) is 12.4 Å².